The minimum atomic E-state index is -0.102. The van der Waals surface area contributed by atoms with Crippen LogP contribution in [-0.2, 0) is 4.74 Å². The molecule has 0 bridgehead atoms. The van der Waals surface area contributed by atoms with Gasteiger partial charge in [-0.25, -0.2) is 0 Å². The second-order valence-corrected chi connectivity index (χ2v) is 8.04. The first kappa shape index (κ1) is 13.6. The topological polar surface area (TPSA) is 29.5 Å². The summed E-state index contributed by atoms with van der Waals surface area (Å²) in [6, 6.07) is 0. The largest absolute Gasteiger partial charge is 0.393 e. The molecule has 3 heteroatoms. The lowest BCUT2D eigenvalue weighted by Gasteiger charge is -2.56. The Morgan fingerprint density at radius 1 is 1.29 bits per heavy atom. The van der Waals surface area contributed by atoms with E-state index in [2.05, 4.69) is 13.8 Å². The first-order valence-electron chi connectivity index (χ1n) is 7.35. The zero-order chi connectivity index (χ0) is 12.5. The lowest BCUT2D eigenvalue weighted by molar-refractivity contribution is -0.157. The van der Waals surface area contributed by atoms with Gasteiger partial charge in [0.15, 0.2) is 0 Å². The SMILES string of the molecule is CCC1C(O)CCCC1(C)C1([SiH3])CCCCO1. The van der Waals surface area contributed by atoms with Gasteiger partial charge in [0.25, 0.3) is 0 Å². The average molecular weight is 256 g/mol. The molecular weight excluding hydrogens is 228 g/mol. The predicted molar refractivity (Wildman–Crippen MR) is 74.2 cm³/mol. The smallest absolute Gasteiger partial charge is 0.0574 e. The van der Waals surface area contributed by atoms with Crippen LogP contribution in [0.2, 0.25) is 0 Å². The van der Waals surface area contributed by atoms with Crippen LogP contribution in [0.3, 0.4) is 0 Å². The van der Waals surface area contributed by atoms with Crippen molar-refractivity contribution >= 4 is 10.2 Å². The first-order valence-corrected chi connectivity index (χ1v) is 8.35. The van der Waals surface area contributed by atoms with E-state index < -0.39 is 0 Å². The van der Waals surface area contributed by atoms with Gasteiger partial charge in [0.1, 0.15) is 0 Å². The standard InChI is InChI=1S/C14H28O2Si/c1-3-11-12(15)7-6-8-13(11,2)14(17)9-4-5-10-16-14/h11-12,15H,3-10H2,1-2,17H3. The molecule has 0 radical (unpaired) electrons. The highest BCUT2D eigenvalue weighted by molar-refractivity contribution is 6.15. The lowest BCUT2D eigenvalue weighted by atomic mass is 9.60. The number of ether oxygens (including phenoxy) is 1. The summed E-state index contributed by atoms with van der Waals surface area (Å²) in [5.74, 6) is 0.437. The van der Waals surface area contributed by atoms with Gasteiger partial charge in [-0.2, -0.15) is 0 Å². The fourth-order valence-electron chi connectivity index (χ4n) is 4.25. The second kappa shape index (κ2) is 5.02. The number of hydrogen-bond donors (Lipinski definition) is 1. The summed E-state index contributed by atoms with van der Waals surface area (Å²) < 4.78 is 6.24. The van der Waals surface area contributed by atoms with Crippen molar-refractivity contribution in [3.8, 4) is 0 Å². The van der Waals surface area contributed by atoms with Crippen LogP contribution in [0.1, 0.15) is 58.8 Å². The summed E-state index contributed by atoms with van der Waals surface area (Å²) >= 11 is 0. The van der Waals surface area contributed by atoms with E-state index in [9.17, 15) is 5.11 Å². The van der Waals surface area contributed by atoms with Crippen molar-refractivity contribution in [3.05, 3.63) is 0 Å². The van der Waals surface area contributed by atoms with E-state index in [1.165, 1.54) is 32.1 Å². The van der Waals surface area contributed by atoms with Crippen LogP contribution in [0.25, 0.3) is 0 Å². The molecule has 17 heavy (non-hydrogen) atoms. The van der Waals surface area contributed by atoms with Gasteiger partial charge in [-0.05, 0) is 43.4 Å². The van der Waals surface area contributed by atoms with E-state index in [0.29, 0.717) is 5.92 Å². The van der Waals surface area contributed by atoms with Gasteiger partial charge in [-0.3, -0.25) is 0 Å². The number of hydrogen-bond acceptors (Lipinski definition) is 2. The number of aliphatic hydroxyl groups excluding tert-OH is 1. The summed E-state index contributed by atoms with van der Waals surface area (Å²) in [7, 11) is 1.10. The van der Waals surface area contributed by atoms with Crippen LogP contribution >= 0.6 is 0 Å². The van der Waals surface area contributed by atoms with Crippen LogP contribution in [0.4, 0.5) is 0 Å². The molecule has 4 unspecified atom stereocenters. The Morgan fingerprint density at radius 2 is 2.06 bits per heavy atom. The molecule has 2 aliphatic rings. The molecule has 2 rings (SSSR count). The molecule has 4 atom stereocenters. The number of aliphatic hydroxyl groups is 1. The van der Waals surface area contributed by atoms with E-state index in [0.717, 1.165) is 29.7 Å². The average Bonchev–Trinajstić information content (AvgIpc) is 2.30. The molecule has 1 N–H and O–H groups in total. The van der Waals surface area contributed by atoms with E-state index in [-0.39, 0.29) is 16.7 Å². The third-order valence-corrected chi connectivity index (χ3v) is 7.53. The van der Waals surface area contributed by atoms with Crippen molar-refractivity contribution in [2.75, 3.05) is 6.61 Å². The molecule has 1 aliphatic carbocycles. The Morgan fingerprint density at radius 3 is 2.65 bits per heavy atom. The van der Waals surface area contributed by atoms with Crippen molar-refractivity contribution in [2.45, 2.75) is 70.1 Å². The molecule has 1 aliphatic heterocycles. The highest BCUT2D eigenvalue weighted by Crippen LogP contribution is 2.52. The van der Waals surface area contributed by atoms with Gasteiger partial charge in [0.2, 0.25) is 0 Å². The zero-order valence-corrected chi connectivity index (χ0v) is 13.7. The highest BCUT2D eigenvalue weighted by Gasteiger charge is 2.53. The van der Waals surface area contributed by atoms with E-state index in [4.69, 9.17) is 4.74 Å². The van der Waals surface area contributed by atoms with Crippen molar-refractivity contribution in [2.24, 2.45) is 11.3 Å². The molecular formula is C14H28O2Si. The Labute approximate surface area is 109 Å². The molecule has 2 fully saturated rings. The van der Waals surface area contributed by atoms with Gasteiger partial charge < -0.3 is 9.84 Å². The lowest BCUT2D eigenvalue weighted by Crippen LogP contribution is -2.58. The Kier molecular flexibility index (Phi) is 4.01. The molecule has 100 valence electrons. The van der Waals surface area contributed by atoms with Gasteiger partial charge >= 0.3 is 0 Å². The van der Waals surface area contributed by atoms with Crippen molar-refractivity contribution in [1.29, 1.82) is 0 Å². The monoisotopic (exact) mass is 256 g/mol. The molecule has 0 aromatic rings. The maximum Gasteiger partial charge on any atom is 0.0574 e. The predicted octanol–water partition coefficient (Wildman–Crippen LogP) is 1.83. The van der Waals surface area contributed by atoms with E-state index in [1.54, 1.807) is 0 Å². The van der Waals surface area contributed by atoms with Crippen molar-refractivity contribution < 1.29 is 9.84 Å². The fraction of sp³-hybridized carbons (Fsp3) is 1.00. The van der Waals surface area contributed by atoms with Gasteiger partial charge in [-0.1, -0.05) is 26.7 Å². The molecule has 0 spiro atoms. The summed E-state index contributed by atoms with van der Waals surface area (Å²) in [5.41, 5.74) is 0.214. The minimum absolute atomic E-state index is 0.102. The van der Waals surface area contributed by atoms with Crippen LogP contribution in [-0.4, -0.2) is 33.3 Å². The molecule has 1 saturated heterocycles. The molecule has 0 aromatic carbocycles. The highest BCUT2D eigenvalue weighted by atomic mass is 28.1. The molecule has 0 amide bonds. The minimum Gasteiger partial charge on any atom is -0.393 e. The molecule has 1 saturated carbocycles. The van der Waals surface area contributed by atoms with Gasteiger partial charge in [-0.15, -0.1) is 0 Å². The summed E-state index contributed by atoms with van der Waals surface area (Å²) in [6.45, 7) is 5.55. The zero-order valence-electron chi connectivity index (χ0n) is 11.7. The Bertz CT molecular complexity index is 263. The maximum absolute atomic E-state index is 10.3. The third kappa shape index (κ3) is 2.22. The maximum atomic E-state index is 10.3. The van der Waals surface area contributed by atoms with Gasteiger partial charge in [0.05, 0.1) is 11.3 Å². The van der Waals surface area contributed by atoms with Crippen LogP contribution in [0.5, 0.6) is 0 Å². The van der Waals surface area contributed by atoms with Gasteiger partial charge in [0, 0.05) is 16.8 Å². The molecule has 0 aromatic heterocycles. The van der Waals surface area contributed by atoms with Crippen LogP contribution in [0.15, 0.2) is 0 Å². The second-order valence-electron chi connectivity index (χ2n) is 6.43. The van der Waals surface area contributed by atoms with Crippen molar-refractivity contribution in [1.82, 2.24) is 0 Å². The fourth-order valence-corrected chi connectivity index (χ4v) is 5.43. The quantitative estimate of drug-likeness (QED) is 0.764. The Balaban J connectivity index is 2.24. The first-order chi connectivity index (χ1) is 8.03. The Hall–Kier alpha value is 0.137. The van der Waals surface area contributed by atoms with E-state index in [1.807, 2.05) is 0 Å². The number of rotatable bonds is 2. The molecule has 1 heterocycles. The van der Waals surface area contributed by atoms with Crippen LogP contribution in [0, 0.1) is 11.3 Å². The summed E-state index contributed by atoms with van der Waals surface area (Å²) in [4.78, 5) is 0. The third-order valence-electron chi connectivity index (χ3n) is 5.60. The summed E-state index contributed by atoms with van der Waals surface area (Å²) in [6.07, 6.45) is 8.14. The van der Waals surface area contributed by atoms with Crippen molar-refractivity contribution in [3.63, 3.8) is 0 Å². The van der Waals surface area contributed by atoms with Crippen LogP contribution < -0.4 is 0 Å². The summed E-state index contributed by atoms with van der Waals surface area (Å²) in [5, 5.41) is 10.4. The molecule has 2 nitrogen and oxygen atoms in total. The van der Waals surface area contributed by atoms with E-state index >= 15 is 0 Å². The normalized spacial score (nSPS) is 48.2.